The van der Waals surface area contributed by atoms with Gasteiger partial charge in [-0.3, -0.25) is 9.59 Å². The van der Waals surface area contributed by atoms with Gasteiger partial charge in [0.05, 0.1) is 32.5 Å². The Bertz CT molecular complexity index is 1580. The van der Waals surface area contributed by atoms with E-state index in [-0.39, 0.29) is 17.2 Å². The summed E-state index contributed by atoms with van der Waals surface area (Å²) in [7, 11) is 1.87. The van der Waals surface area contributed by atoms with Crippen molar-refractivity contribution in [1.29, 1.82) is 0 Å². The lowest BCUT2D eigenvalue weighted by Crippen LogP contribution is -2.39. The minimum atomic E-state index is -0.295. The van der Waals surface area contributed by atoms with Crippen molar-refractivity contribution in [3.05, 3.63) is 80.2 Å². The number of aromatic nitrogens is 2. The number of carbonyl (C=O) groups is 2. The molecule has 2 amide bonds. The molecular weight excluding hydrogens is 613 g/mol. The Hall–Kier alpha value is -3.07. The number of imidazole rings is 1. The van der Waals surface area contributed by atoms with Gasteiger partial charge in [0.25, 0.3) is 5.91 Å². The zero-order valence-corrected chi connectivity index (χ0v) is 25.4. The van der Waals surface area contributed by atoms with E-state index in [0.717, 1.165) is 41.2 Å². The third-order valence-corrected chi connectivity index (χ3v) is 8.73. The Labute approximate surface area is 251 Å². The van der Waals surface area contributed by atoms with Crippen LogP contribution >= 0.6 is 39.1 Å². The zero-order chi connectivity index (χ0) is 28.4. The second-order valence-corrected chi connectivity index (χ2v) is 12.2. The van der Waals surface area contributed by atoms with Crippen LogP contribution < -0.4 is 16.0 Å². The van der Waals surface area contributed by atoms with Crippen molar-refractivity contribution < 1.29 is 9.59 Å². The Morgan fingerprint density at radius 1 is 0.975 bits per heavy atom. The first-order valence-electron chi connectivity index (χ1n) is 13.2. The first-order valence-corrected chi connectivity index (χ1v) is 14.7. The number of anilines is 3. The van der Waals surface area contributed by atoms with Crippen LogP contribution in [-0.2, 0) is 18.4 Å². The highest BCUT2D eigenvalue weighted by Crippen LogP contribution is 2.36. The van der Waals surface area contributed by atoms with Gasteiger partial charge >= 0.3 is 0 Å². The number of fused-ring (bicyclic) bond motifs is 1. The molecule has 0 radical (unpaired) electrons. The first-order chi connectivity index (χ1) is 19.1. The molecule has 5 rings (SSSR count). The third-order valence-electron chi connectivity index (χ3n) is 7.56. The molecule has 0 atom stereocenters. The maximum Gasteiger partial charge on any atom is 0.255 e. The van der Waals surface area contributed by atoms with Crippen molar-refractivity contribution in [3.63, 3.8) is 0 Å². The normalized spacial score (nSPS) is 14.6. The number of benzene rings is 3. The smallest absolute Gasteiger partial charge is 0.255 e. The first kappa shape index (κ1) is 28.5. The number of hydrogen-bond acceptors (Lipinski definition) is 4. The molecule has 3 N–H and O–H groups in total. The summed E-state index contributed by atoms with van der Waals surface area (Å²) in [6.07, 6.45) is 5.26. The molecule has 0 bridgehead atoms. The molecular formula is C30H30BrCl2N5O2. The Kier molecular flexibility index (Phi) is 8.40. The molecule has 10 heteroatoms. The Balaban J connectivity index is 1.32. The zero-order valence-electron chi connectivity index (χ0n) is 22.3. The number of halogens is 3. The monoisotopic (exact) mass is 641 g/mol. The maximum absolute atomic E-state index is 12.9. The van der Waals surface area contributed by atoms with Crippen LogP contribution in [0.3, 0.4) is 0 Å². The van der Waals surface area contributed by atoms with Gasteiger partial charge in [-0.15, -0.1) is 0 Å². The molecule has 1 aliphatic carbocycles. The van der Waals surface area contributed by atoms with Gasteiger partial charge in [0, 0.05) is 29.0 Å². The lowest BCUT2D eigenvalue weighted by atomic mass is 9.75. The summed E-state index contributed by atoms with van der Waals surface area (Å²) in [6.45, 7) is 2.48. The van der Waals surface area contributed by atoms with Crippen molar-refractivity contribution in [3.8, 4) is 0 Å². The lowest BCUT2D eigenvalue weighted by molar-refractivity contribution is -0.132. The van der Waals surface area contributed by atoms with Gasteiger partial charge in [0.15, 0.2) is 0 Å². The van der Waals surface area contributed by atoms with Crippen molar-refractivity contribution in [2.45, 2.75) is 45.6 Å². The summed E-state index contributed by atoms with van der Waals surface area (Å²) in [4.78, 5) is 30.3. The van der Waals surface area contributed by atoms with E-state index in [0.29, 0.717) is 45.0 Å². The van der Waals surface area contributed by atoms with E-state index in [1.54, 1.807) is 24.3 Å². The van der Waals surface area contributed by atoms with Crippen LogP contribution in [-0.4, -0.2) is 21.4 Å². The van der Waals surface area contributed by atoms with E-state index in [4.69, 9.17) is 28.2 Å². The quantitative estimate of drug-likeness (QED) is 0.189. The van der Waals surface area contributed by atoms with E-state index in [9.17, 15) is 9.59 Å². The fraction of sp³-hybridized carbons (Fsp3) is 0.300. The number of amides is 2. The standard InChI is InChI=1S/C30H30BrCl2N5O2/c1-30(12-4-3-5-13-30)28(40)34-17-18-6-11-21(32)23(14-18)36-29-37-25-15-22(33)24(16-26(25)38(29)2)35-27(39)19-7-9-20(31)10-8-19/h6-11,14-16H,3-5,12-13,17H2,1-2H3,(H,34,40)(H,35,39)(H,36,37). The van der Waals surface area contributed by atoms with Gasteiger partial charge < -0.3 is 20.5 Å². The van der Waals surface area contributed by atoms with E-state index in [2.05, 4.69) is 38.8 Å². The van der Waals surface area contributed by atoms with Gasteiger partial charge in [-0.05, 0) is 66.9 Å². The van der Waals surface area contributed by atoms with Crippen molar-refractivity contribution >= 4 is 79.3 Å². The summed E-state index contributed by atoms with van der Waals surface area (Å²) >= 11 is 16.4. The van der Waals surface area contributed by atoms with Crippen molar-refractivity contribution in [1.82, 2.24) is 14.9 Å². The SMILES string of the molecule is Cn1c(Nc2cc(CNC(=O)C3(C)CCCCC3)ccc2Cl)nc2cc(Cl)c(NC(=O)c3ccc(Br)cc3)cc21. The fourth-order valence-electron chi connectivity index (χ4n) is 5.07. The topological polar surface area (TPSA) is 88.1 Å². The average Bonchev–Trinajstić information content (AvgIpc) is 3.23. The molecule has 3 aromatic carbocycles. The van der Waals surface area contributed by atoms with E-state index >= 15 is 0 Å². The molecule has 1 aromatic heterocycles. The summed E-state index contributed by atoms with van der Waals surface area (Å²) in [6, 6.07) is 16.2. The summed E-state index contributed by atoms with van der Waals surface area (Å²) in [5.74, 6) is 0.398. The number of nitrogens with one attached hydrogen (secondary N) is 3. The van der Waals surface area contributed by atoms with Crippen LogP contribution in [0.5, 0.6) is 0 Å². The van der Waals surface area contributed by atoms with E-state index < -0.39 is 0 Å². The molecule has 40 heavy (non-hydrogen) atoms. The highest BCUT2D eigenvalue weighted by Gasteiger charge is 2.34. The summed E-state index contributed by atoms with van der Waals surface area (Å²) in [5.41, 5.74) is 3.75. The third kappa shape index (κ3) is 6.14. The molecule has 7 nitrogen and oxygen atoms in total. The summed E-state index contributed by atoms with van der Waals surface area (Å²) in [5, 5.41) is 10.2. The minimum Gasteiger partial charge on any atom is -0.352 e. The van der Waals surface area contributed by atoms with Crippen LogP contribution in [0.15, 0.2) is 59.1 Å². The van der Waals surface area contributed by atoms with Crippen LogP contribution in [0.4, 0.5) is 17.3 Å². The molecule has 1 aliphatic rings. The lowest BCUT2D eigenvalue weighted by Gasteiger charge is -2.32. The fourth-order valence-corrected chi connectivity index (χ4v) is 5.70. The molecule has 0 saturated heterocycles. The average molecular weight is 643 g/mol. The Morgan fingerprint density at radius 3 is 2.42 bits per heavy atom. The van der Waals surface area contributed by atoms with E-state index in [1.165, 1.54) is 6.42 Å². The van der Waals surface area contributed by atoms with Crippen LogP contribution in [0.25, 0.3) is 11.0 Å². The van der Waals surface area contributed by atoms with Crippen LogP contribution in [0, 0.1) is 5.41 Å². The van der Waals surface area contributed by atoms with E-state index in [1.807, 2.05) is 41.9 Å². The summed E-state index contributed by atoms with van der Waals surface area (Å²) < 4.78 is 2.76. The van der Waals surface area contributed by atoms with Gasteiger partial charge in [0.1, 0.15) is 0 Å². The number of aryl methyl sites for hydroxylation is 1. The van der Waals surface area contributed by atoms with Gasteiger partial charge in [-0.1, -0.05) is 71.4 Å². The molecule has 1 fully saturated rings. The minimum absolute atomic E-state index is 0.104. The molecule has 0 unspecified atom stereocenters. The number of rotatable bonds is 7. The molecule has 1 saturated carbocycles. The molecule has 1 heterocycles. The highest BCUT2D eigenvalue weighted by molar-refractivity contribution is 9.10. The molecule has 0 spiro atoms. The Morgan fingerprint density at radius 2 is 1.70 bits per heavy atom. The second kappa shape index (κ2) is 11.8. The van der Waals surface area contributed by atoms with Crippen molar-refractivity contribution in [2.24, 2.45) is 12.5 Å². The molecule has 208 valence electrons. The van der Waals surface area contributed by atoms with Gasteiger partial charge in [-0.25, -0.2) is 4.98 Å². The van der Waals surface area contributed by atoms with Crippen LogP contribution in [0.2, 0.25) is 10.0 Å². The molecule has 0 aliphatic heterocycles. The predicted molar refractivity (Wildman–Crippen MR) is 166 cm³/mol. The number of hydrogen-bond donors (Lipinski definition) is 3. The maximum atomic E-state index is 12.9. The largest absolute Gasteiger partial charge is 0.352 e. The van der Waals surface area contributed by atoms with Crippen molar-refractivity contribution in [2.75, 3.05) is 10.6 Å². The number of nitrogens with zero attached hydrogens (tertiary/aromatic N) is 2. The molecule has 4 aromatic rings. The van der Waals surface area contributed by atoms with Gasteiger partial charge in [0.2, 0.25) is 11.9 Å². The second-order valence-electron chi connectivity index (χ2n) is 10.5. The van der Waals surface area contributed by atoms with Gasteiger partial charge in [-0.2, -0.15) is 0 Å². The predicted octanol–water partition coefficient (Wildman–Crippen LogP) is 8.23. The highest BCUT2D eigenvalue weighted by atomic mass is 79.9. The van der Waals surface area contributed by atoms with Crippen LogP contribution in [0.1, 0.15) is 54.9 Å². The number of carbonyl (C=O) groups excluding carboxylic acids is 2.